The maximum atomic E-state index is 12.8. The quantitative estimate of drug-likeness (QED) is 0.808. The van der Waals surface area contributed by atoms with Gasteiger partial charge in [-0.2, -0.15) is 0 Å². The molecule has 0 radical (unpaired) electrons. The molecule has 0 aromatic heterocycles. The van der Waals surface area contributed by atoms with Crippen molar-refractivity contribution < 1.29 is 14.7 Å². The molecule has 0 spiro atoms. The molecular formula is C15H26N2O3. The molecule has 5 nitrogen and oxygen atoms in total. The minimum absolute atomic E-state index is 0.140. The van der Waals surface area contributed by atoms with Gasteiger partial charge >= 0.3 is 5.97 Å². The van der Waals surface area contributed by atoms with Crippen LogP contribution in [-0.2, 0) is 9.59 Å². The average Bonchev–Trinajstić information content (AvgIpc) is 2.62. The Hall–Kier alpha value is -1.10. The van der Waals surface area contributed by atoms with Crippen LogP contribution in [0.15, 0.2) is 0 Å². The summed E-state index contributed by atoms with van der Waals surface area (Å²) in [5.74, 6) is -0.598. The third kappa shape index (κ3) is 3.14. The number of carboxylic acid groups (broad SMARTS) is 1. The molecule has 2 rings (SSSR count). The van der Waals surface area contributed by atoms with E-state index >= 15 is 0 Å². The molecule has 0 bridgehead atoms. The van der Waals surface area contributed by atoms with Gasteiger partial charge in [-0.15, -0.1) is 0 Å². The van der Waals surface area contributed by atoms with E-state index in [1.165, 1.54) is 0 Å². The van der Waals surface area contributed by atoms with Crippen LogP contribution in [0.2, 0.25) is 0 Å². The van der Waals surface area contributed by atoms with E-state index in [-0.39, 0.29) is 5.91 Å². The molecule has 2 fully saturated rings. The lowest BCUT2D eigenvalue weighted by atomic mass is 9.76. The Kier molecular flexibility index (Phi) is 4.68. The Morgan fingerprint density at radius 2 is 1.95 bits per heavy atom. The van der Waals surface area contributed by atoms with Gasteiger partial charge in [-0.25, -0.2) is 4.79 Å². The van der Waals surface area contributed by atoms with Gasteiger partial charge in [0.1, 0.15) is 6.04 Å². The lowest BCUT2D eigenvalue weighted by Crippen LogP contribution is -2.60. The lowest BCUT2D eigenvalue weighted by Gasteiger charge is -2.40. The van der Waals surface area contributed by atoms with Crippen LogP contribution >= 0.6 is 0 Å². The number of nitrogens with zero attached hydrogens (tertiary/aromatic N) is 1. The molecule has 1 amide bonds. The number of hydrogen-bond acceptors (Lipinski definition) is 3. The van der Waals surface area contributed by atoms with Crippen molar-refractivity contribution in [1.29, 1.82) is 0 Å². The Morgan fingerprint density at radius 3 is 2.60 bits per heavy atom. The van der Waals surface area contributed by atoms with Gasteiger partial charge in [-0.1, -0.05) is 32.6 Å². The molecule has 5 heteroatoms. The number of carbonyl (C=O) groups is 2. The molecule has 3 N–H and O–H groups in total. The Balaban J connectivity index is 2.17. The first-order valence-electron chi connectivity index (χ1n) is 7.77. The van der Waals surface area contributed by atoms with Gasteiger partial charge in [0.25, 0.3) is 0 Å². The largest absolute Gasteiger partial charge is 0.480 e. The number of likely N-dealkylation sites (tertiary alicyclic amines) is 1. The molecule has 1 aliphatic heterocycles. The van der Waals surface area contributed by atoms with Crippen LogP contribution in [0.5, 0.6) is 0 Å². The van der Waals surface area contributed by atoms with Gasteiger partial charge in [0.15, 0.2) is 0 Å². The molecule has 1 saturated heterocycles. The minimum atomic E-state index is -0.896. The number of nitrogens with two attached hydrogens (primary N) is 1. The summed E-state index contributed by atoms with van der Waals surface area (Å²) in [4.78, 5) is 25.8. The second-order valence-corrected chi connectivity index (χ2v) is 6.56. The molecular weight excluding hydrogens is 256 g/mol. The van der Waals surface area contributed by atoms with Crippen LogP contribution in [0.1, 0.15) is 58.3 Å². The van der Waals surface area contributed by atoms with Crippen LogP contribution < -0.4 is 5.73 Å². The average molecular weight is 282 g/mol. The van der Waals surface area contributed by atoms with Crippen LogP contribution in [0, 0.1) is 5.92 Å². The van der Waals surface area contributed by atoms with E-state index in [1.54, 1.807) is 4.90 Å². The number of aliphatic carboxylic acids is 1. The normalized spacial score (nSPS) is 35.4. The first-order valence-corrected chi connectivity index (χ1v) is 7.77. The Labute approximate surface area is 120 Å². The fourth-order valence-corrected chi connectivity index (χ4v) is 3.68. The minimum Gasteiger partial charge on any atom is -0.480 e. The van der Waals surface area contributed by atoms with Gasteiger partial charge in [0.05, 0.1) is 5.54 Å². The number of hydrogen-bond donors (Lipinski definition) is 2. The summed E-state index contributed by atoms with van der Waals surface area (Å²) in [6.45, 7) is 2.65. The molecule has 2 aliphatic rings. The summed E-state index contributed by atoms with van der Waals surface area (Å²) in [7, 11) is 0. The fourth-order valence-electron chi connectivity index (χ4n) is 3.68. The van der Waals surface area contributed by atoms with Crippen molar-refractivity contribution in [3.8, 4) is 0 Å². The van der Waals surface area contributed by atoms with E-state index in [0.29, 0.717) is 31.7 Å². The van der Waals surface area contributed by atoms with E-state index < -0.39 is 17.6 Å². The zero-order valence-corrected chi connectivity index (χ0v) is 12.3. The monoisotopic (exact) mass is 282 g/mol. The maximum Gasteiger partial charge on any atom is 0.326 e. The van der Waals surface area contributed by atoms with Crippen molar-refractivity contribution in [2.45, 2.75) is 69.9 Å². The highest BCUT2D eigenvalue weighted by molar-refractivity contribution is 5.90. The number of rotatable bonds is 2. The van der Waals surface area contributed by atoms with Crippen molar-refractivity contribution in [2.24, 2.45) is 11.7 Å². The van der Waals surface area contributed by atoms with Crippen molar-refractivity contribution in [3.63, 3.8) is 0 Å². The van der Waals surface area contributed by atoms with Crippen LogP contribution in [0.4, 0.5) is 0 Å². The van der Waals surface area contributed by atoms with Crippen molar-refractivity contribution in [3.05, 3.63) is 0 Å². The summed E-state index contributed by atoms with van der Waals surface area (Å²) in [5, 5.41) is 9.38. The van der Waals surface area contributed by atoms with Gasteiger partial charge in [-0.3, -0.25) is 4.79 Å². The van der Waals surface area contributed by atoms with Crippen LogP contribution in [0.25, 0.3) is 0 Å². The van der Waals surface area contributed by atoms with Gasteiger partial charge in [0.2, 0.25) is 5.91 Å². The molecule has 114 valence electrons. The molecule has 1 heterocycles. The lowest BCUT2D eigenvalue weighted by molar-refractivity contribution is -0.153. The standard InChI is InChI=1S/C15H26N2O3/c1-11-6-5-8-15(16,10-11)14(20)17-9-4-2-3-7-12(17)13(18)19/h11-12H,2-10,16H2,1H3,(H,18,19). The molecule has 1 aliphatic carbocycles. The number of carbonyl (C=O) groups excluding carboxylic acids is 1. The van der Waals surface area contributed by atoms with E-state index in [4.69, 9.17) is 5.73 Å². The molecule has 0 aromatic carbocycles. The first-order chi connectivity index (χ1) is 9.44. The molecule has 3 atom stereocenters. The summed E-state index contributed by atoms with van der Waals surface area (Å²) in [5.41, 5.74) is 5.50. The van der Waals surface area contributed by atoms with E-state index in [1.807, 2.05) is 0 Å². The summed E-state index contributed by atoms with van der Waals surface area (Å²) >= 11 is 0. The van der Waals surface area contributed by atoms with Gasteiger partial charge in [-0.05, 0) is 31.6 Å². The predicted octanol–water partition coefficient (Wildman–Crippen LogP) is 1.75. The molecule has 0 aromatic rings. The van der Waals surface area contributed by atoms with Gasteiger partial charge in [0, 0.05) is 6.54 Å². The molecule has 3 unspecified atom stereocenters. The van der Waals surface area contributed by atoms with E-state index in [0.717, 1.165) is 32.1 Å². The summed E-state index contributed by atoms with van der Waals surface area (Å²) in [6.07, 6.45) is 6.70. The maximum absolute atomic E-state index is 12.8. The number of amides is 1. The Morgan fingerprint density at radius 1 is 1.20 bits per heavy atom. The van der Waals surface area contributed by atoms with Crippen LogP contribution in [-0.4, -0.2) is 40.0 Å². The second kappa shape index (κ2) is 6.12. The van der Waals surface area contributed by atoms with Crippen molar-refractivity contribution in [1.82, 2.24) is 4.90 Å². The highest BCUT2D eigenvalue weighted by Gasteiger charge is 2.43. The van der Waals surface area contributed by atoms with Gasteiger partial charge < -0.3 is 15.7 Å². The van der Waals surface area contributed by atoms with Crippen LogP contribution in [0.3, 0.4) is 0 Å². The highest BCUT2D eigenvalue weighted by Crippen LogP contribution is 2.33. The molecule has 20 heavy (non-hydrogen) atoms. The zero-order chi connectivity index (χ0) is 14.8. The third-order valence-electron chi connectivity index (χ3n) is 4.76. The first kappa shape index (κ1) is 15.3. The Bertz CT molecular complexity index is 385. The highest BCUT2D eigenvalue weighted by atomic mass is 16.4. The second-order valence-electron chi connectivity index (χ2n) is 6.56. The SMILES string of the molecule is CC1CCCC(N)(C(=O)N2CCCCCC2C(=O)O)C1. The zero-order valence-electron chi connectivity index (χ0n) is 12.3. The predicted molar refractivity (Wildman–Crippen MR) is 76.2 cm³/mol. The smallest absolute Gasteiger partial charge is 0.326 e. The topological polar surface area (TPSA) is 83.6 Å². The summed E-state index contributed by atoms with van der Waals surface area (Å²) in [6, 6.07) is -0.692. The van der Waals surface area contributed by atoms with E-state index in [2.05, 4.69) is 6.92 Å². The summed E-state index contributed by atoms with van der Waals surface area (Å²) < 4.78 is 0. The molecule has 1 saturated carbocycles. The van der Waals surface area contributed by atoms with Crippen molar-refractivity contribution >= 4 is 11.9 Å². The third-order valence-corrected chi connectivity index (χ3v) is 4.76. The van der Waals surface area contributed by atoms with E-state index in [9.17, 15) is 14.7 Å². The fraction of sp³-hybridized carbons (Fsp3) is 0.867. The van der Waals surface area contributed by atoms with Crippen molar-refractivity contribution in [2.75, 3.05) is 6.54 Å². The number of carboxylic acids is 1.